The largest absolute Gasteiger partial charge is 0.455 e. The van der Waals surface area contributed by atoms with Gasteiger partial charge in [0.1, 0.15) is 11.2 Å². The van der Waals surface area contributed by atoms with Crippen LogP contribution in [-0.4, -0.2) is 0 Å². The van der Waals surface area contributed by atoms with Gasteiger partial charge in [0, 0.05) is 21.9 Å². The lowest BCUT2D eigenvalue weighted by molar-refractivity contribution is 0.671. The molecule has 10 aromatic carbocycles. The third-order valence-corrected chi connectivity index (χ3v) is 11.0. The second kappa shape index (κ2) is 11.8. The van der Waals surface area contributed by atoms with E-state index in [2.05, 4.69) is 194 Å². The van der Waals surface area contributed by atoms with Crippen molar-refractivity contribution in [2.24, 2.45) is 0 Å². The number of furan rings is 1. The van der Waals surface area contributed by atoms with Gasteiger partial charge < -0.3 is 4.42 Å². The maximum atomic E-state index is 7.02. The van der Waals surface area contributed by atoms with Gasteiger partial charge in [-0.1, -0.05) is 176 Å². The van der Waals surface area contributed by atoms with Crippen LogP contribution in [0, 0.1) is 0 Å². The molecule has 1 nitrogen and oxygen atoms in total. The fourth-order valence-electron chi connectivity index (χ4n) is 8.71. The minimum Gasteiger partial charge on any atom is -0.455 e. The predicted octanol–water partition coefficient (Wildman–Crippen LogP) is 14.9. The highest BCUT2D eigenvalue weighted by molar-refractivity contribution is 6.29. The monoisotopic (exact) mass is 672 g/mol. The van der Waals surface area contributed by atoms with Crippen molar-refractivity contribution in [1.82, 2.24) is 0 Å². The minimum absolute atomic E-state index is 0.907. The van der Waals surface area contributed by atoms with Crippen molar-refractivity contribution in [1.29, 1.82) is 0 Å². The maximum absolute atomic E-state index is 7.02. The molecule has 0 aliphatic carbocycles. The van der Waals surface area contributed by atoms with E-state index in [1.165, 1.54) is 82.0 Å². The summed E-state index contributed by atoms with van der Waals surface area (Å²) in [4.78, 5) is 0. The summed E-state index contributed by atoms with van der Waals surface area (Å²) in [6.45, 7) is 0. The molecular formula is C52H32O. The molecule has 0 fully saturated rings. The third kappa shape index (κ3) is 4.58. The molecule has 0 unspecified atom stereocenters. The first-order valence-electron chi connectivity index (χ1n) is 18.3. The van der Waals surface area contributed by atoms with Gasteiger partial charge in [0.25, 0.3) is 0 Å². The van der Waals surface area contributed by atoms with Crippen LogP contribution in [0.15, 0.2) is 199 Å². The minimum atomic E-state index is 0.907. The quantitative estimate of drug-likeness (QED) is 0.170. The average molecular weight is 673 g/mol. The Bertz CT molecular complexity index is 3090. The molecule has 1 heteroatoms. The fraction of sp³-hybridized carbons (Fsp3) is 0. The average Bonchev–Trinajstić information content (AvgIpc) is 3.58. The van der Waals surface area contributed by atoms with E-state index in [0.717, 1.165) is 27.5 Å². The molecule has 11 aromatic rings. The van der Waals surface area contributed by atoms with E-state index >= 15 is 0 Å². The fourth-order valence-corrected chi connectivity index (χ4v) is 8.71. The molecule has 0 aliphatic heterocycles. The van der Waals surface area contributed by atoms with Crippen molar-refractivity contribution in [3.8, 4) is 44.5 Å². The van der Waals surface area contributed by atoms with Crippen molar-refractivity contribution < 1.29 is 4.42 Å². The summed E-state index contributed by atoms with van der Waals surface area (Å²) in [5, 5.41) is 11.9. The van der Waals surface area contributed by atoms with Crippen LogP contribution in [0.2, 0.25) is 0 Å². The second-order valence-electron chi connectivity index (χ2n) is 13.9. The van der Waals surface area contributed by atoms with E-state index in [0.29, 0.717) is 0 Å². The number of hydrogen-bond donors (Lipinski definition) is 0. The molecule has 0 radical (unpaired) electrons. The van der Waals surface area contributed by atoms with Crippen molar-refractivity contribution in [2.45, 2.75) is 0 Å². The highest BCUT2D eigenvalue weighted by atomic mass is 16.3. The first kappa shape index (κ1) is 29.7. The van der Waals surface area contributed by atoms with Crippen LogP contribution in [0.1, 0.15) is 0 Å². The van der Waals surface area contributed by atoms with Crippen molar-refractivity contribution in [3.05, 3.63) is 194 Å². The van der Waals surface area contributed by atoms with Crippen molar-refractivity contribution >= 4 is 65.0 Å². The molecular weight excluding hydrogens is 641 g/mol. The summed E-state index contributed by atoms with van der Waals surface area (Å²) in [5.74, 6) is 0. The Labute approximate surface area is 307 Å². The molecule has 246 valence electrons. The van der Waals surface area contributed by atoms with Gasteiger partial charge in [0.15, 0.2) is 0 Å². The van der Waals surface area contributed by atoms with Gasteiger partial charge in [0.2, 0.25) is 0 Å². The third-order valence-electron chi connectivity index (χ3n) is 11.0. The Hall–Kier alpha value is -6.96. The zero-order valence-corrected chi connectivity index (χ0v) is 28.9. The van der Waals surface area contributed by atoms with Gasteiger partial charge >= 0.3 is 0 Å². The molecule has 0 saturated heterocycles. The summed E-state index contributed by atoms with van der Waals surface area (Å²) < 4.78 is 7.02. The van der Waals surface area contributed by atoms with E-state index in [1.807, 2.05) is 0 Å². The summed E-state index contributed by atoms with van der Waals surface area (Å²) >= 11 is 0. The molecule has 0 saturated carbocycles. The van der Waals surface area contributed by atoms with Gasteiger partial charge in [-0.2, -0.15) is 0 Å². The van der Waals surface area contributed by atoms with E-state index in [4.69, 9.17) is 4.42 Å². The Morgan fingerprint density at radius 1 is 0.264 bits per heavy atom. The molecule has 1 aromatic heterocycles. The summed E-state index contributed by atoms with van der Waals surface area (Å²) in [7, 11) is 0. The Kier molecular flexibility index (Phi) is 6.62. The topological polar surface area (TPSA) is 13.1 Å². The van der Waals surface area contributed by atoms with Crippen LogP contribution in [0.3, 0.4) is 0 Å². The summed E-state index contributed by atoms with van der Waals surface area (Å²) in [6, 6.07) is 70.5. The highest BCUT2D eigenvalue weighted by Gasteiger charge is 2.25. The lowest BCUT2D eigenvalue weighted by Crippen LogP contribution is -1.96. The zero-order chi connectivity index (χ0) is 34.9. The summed E-state index contributed by atoms with van der Waals surface area (Å²) in [5.41, 5.74) is 11.5. The predicted molar refractivity (Wildman–Crippen MR) is 225 cm³/mol. The smallest absolute Gasteiger partial charge is 0.143 e. The lowest BCUT2D eigenvalue weighted by Gasteiger charge is -2.23. The number of hydrogen-bond acceptors (Lipinski definition) is 1. The molecule has 0 N–H and O–H groups in total. The van der Waals surface area contributed by atoms with E-state index in [9.17, 15) is 0 Å². The number of benzene rings is 10. The van der Waals surface area contributed by atoms with Crippen LogP contribution in [0.25, 0.3) is 110 Å². The van der Waals surface area contributed by atoms with Crippen molar-refractivity contribution in [3.63, 3.8) is 0 Å². The van der Waals surface area contributed by atoms with Gasteiger partial charge in [-0.05, 0) is 94.7 Å². The lowest BCUT2D eigenvalue weighted by atomic mass is 9.80. The summed E-state index contributed by atoms with van der Waals surface area (Å²) in [6.07, 6.45) is 0. The first-order valence-corrected chi connectivity index (χ1v) is 18.3. The normalized spacial score (nSPS) is 11.8. The van der Waals surface area contributed by atoms with Crippen LogP contribution in [0.4, 0.5) is 0 Å². The molecule has 1 heterocycles. The molecule has 0 bridgehead atoms. The molecule has 0 spiro atoms. The van der Waals surface area contributed by atoms with Gasteiger partial charge in [-0.15, -0.1) is 0 Å². The van der Waals surface area contributed by atoms with Gasteiger partial charge in [-0.25, -0.2) is 0 Å². The van der Waals surface area contributed by atoms with E-state index in [1.54, 1.807) is 0 Å². The molecule has 11 rings (SSSR count). The van der Waals surface area contributed by atoms with E-state index < -0.39 is 0 Å². The number of rotatable bonds is 4. The van der Waals surface area contributed by atoms with Crippen LogP contribution < -0.4 is 0 Å². The Morgan fingerprint density at radius 2 is 0.698 bits per heavy atom. The molecule has 0 aliphatic rings. The highest BCUT2D eigenvalue weighted by Crippen LogP contribution is 2.52. The van der Waals surface area contributed by atoms with E-state index in [-0.39, 0.29) is 0 Å². The van der Waals surface area contributed by atoms with Gasteiger partial charge in [0.05, 0.1) is 0 Å². The Morgan fingerprint density at radius 3 is 1.26 bits per heavy atom. The van der Waals surface area contributed by atoms with Crippen LogP contribution in [-0.2, 0) is 0 Å². The number of fused-ring (bicyclic) bond motifs is 7. The second-order valence-corrected chi connectivity index (χ2v) is 13.9. The first-order chi connectivity index (χ1) is 26.3. The van der Waals surface area contributed by atoms with Gasteiger partial charge in [-0.3, -0.25) is 0 Å². The molecule has 0 amide bonds. The zero-order valence-electron chi connectivity index (χ0n) is 28.9. The molecule has 53 heavy (non-hydrogen) atoms. The van der Waals surface area contributed by atoms with Crippen LogP contribution in [0.5, 0.6) is 0 Å². The van der Waals surface area contributed by atoms with Crippen LogP contribution >= 0.6 is 0 Å². The standard InChI is InChI=1S/C52H32O/c1-3-16-33(17-4-1)38-28-15-29-39(34-18-5-2-6-19-34)48(38)49-41-24-11-13-26-43(41)50(44-27-14-12-25-42(44)49)51-40-23-10-9-22-37(40)31-46-45-30-35-20-7-8-21-36(35)32-47(45)53-52(46)51/h1-32H. The molecule has 0 atom stereocenters. The SMILES string of the molecule is c1ccc(-c2cccc(-c3ccccc3)c2-c2c3ccccc3c(-c3c4ccccc4cc4c3oc3cc5ccccc5cc34)c3ccccc23)cc1. The maximum Gasteiger partial charge on any atom is 0.143 e. The van der Waals surface area contributed by atoms with Crippen molar-refractivity contribution in [2.75, 3.05) is 0 Å². The Balaban J connectivity index is 1.33.